The Hall–Kier alpha value is -3.00. The van der Waals surface area contributed by atoms with E-state index in [1.807, 2.05) is 6.07 Å². The minimum absolute atomic E-state index is 0.0214. The molecule has 1 aromatic carbocycles. The number of benzene rings is 1. The van der Waals surface area contributed by atoms with Crippen molar-refractivity contribution in [3.8, 4) is 0 Å². The minimum Gasteiger partial charge on any atom is -0.463 e. The van der Waals surface area contributed by atoms with Gasteiger partial charge in [0, 0.05) is 5.54 Å². The van der Waals surface area contributed by atoms with Gasteiger partial charge in [0.1, 0.15) is 0 Å². The van der Waals surface area contributed by atoms with Crippen LogP contribution in [0.15, 0.2) is 42.7 Å². The summed E-state index contributed by atoms with van der Waals surface area (Å²) in [5.41, 5.74) is 1.59. The number of urea groups is 1. The Morgan fingerprint density at radius 2 is 1.73 bits per heavy atom. The first-order valence-corrected chi connectivity index (χ1v) is 10.1. The first kappa shape index (κ1) is 20.3. The van der Waals surface area contributed by atoms with Crippen LogP contribution in [0.25, 0.3) is 0 Å². The molecule has 8 heteroatoms. The SMILES string of the molecule is COC(=O)c1ncc(N2C[C@]3(CC[C@](c4ccccc4)(N(C)C)CC3)NC2=O)cn1. The molecule has 0 unspecified atom stereocenters. The van der Waals surface area contributed by atoms with E-state index in [2.05, 4.69) is 63.3 Å². The number of ether oxygens (including phenoxy) is 1. The van der Waals surface area contributed by atoms with Crippen molar-refractivity contribution in [2.24, 2.45) is 0 Å². The van der Waals surface area contributed by atoms with E-state index < -0.39 is 5.97 Å². The van der Waals surface area contributed by atoms with Gasteiger partial charge in [0.15, 0.2) is 0 Å². The van der Waals surface area contributed by atoms with E-state index in [4.69, 9.17) is 0 Å². The summed E-state index contributed by atoms with van der Waals surface area (Å²) in [5, 5.41) is 3.22. The van der Waals surface area contributed by atoms with E-state index in [1.165, 1.54) is 25.1 Å². The second-order valence-corrected chi connectivity index (χ2v) is 8.35. The Labute approximate surface area is 176 Å². The number of anilines is 1. The smallest absolute Gasteiger partial charge is 0.376 e. The quantitative estimate of drug-likeness (QED) is 0.781. The van der Waals surface area contributed by atoms with Crippen molar-refractivity contribution in [3.05, 3.63) is 54.1 Å². The standard InChI is InChI=1S/C22H27N5O3/c1-26(2)22(16-7-5-4-6-8-16)11-9-21(10-12-22)15-27(20(29)25-21)17-13-23-18(24-14-17)19(28)30-3/h4-8,13-14H,9-12,15H2,1-3H3,(H,25,29)/t21-,22+. The first-order valence-electron chi connectivity index (χ1n) is 10.1. The summed E-state index contributed by atoms with van der Waals surface area (Å²) in [4.78, 5) is 36.3. The lowest BCUT2D eigenvalue weighted by atomic mass is 9.69. The lowest BCUT2D eigenvalue weighted by Gasteiger charge is -2.48. The van der Waals surface area contributed by atoms with Crippen LogP contribution in [0.3, 0.4) is 0 Å². The fourth-order valence-corrected chi connectivity index (χ4v) is 4.74. The Morgan fingerprint density at radius 3 is 2.30 bits per heavy atom. The molecular weight excluding hydrogens is 382 g/mol. The molecule has 1 aliphatic carbocycles. The number of aromatic nitrogens is 2. The maximum atomic E-state index is 12.7. The highest BCUT2D eigenvalue weighted by Crippen LogP contribution is 2.46. The van der Waals surface area contributed by atoms with Gasteiger partial charge in [-0.3, -0.25) is 9.80 Å². The molecule has 1 N–H and O–H groups in total. The zero-order chi connectivity index (χ0) is 21.4. The van der Waals surface area contributed by atoms with Gasteiger partial charge in [0.05, 0.1) is 37.3 Å². The van der Waals surface area contributed by atoms with Gasteiger partial charge in [-0.25, -0.2) is 19.6 Å². The van der Waals surface area contributed by atoms with Gasteiger partial charge in [-0.1, -0.05) is 30.3 Å². The van der Waals surface area contributed by atoms with Gasteiger partial charge >= 0.3 is 12.0 Å². The molecule has 2 fully saturated rings. The second-order valence-electron chi connectivity index (χ2n) is 8.35. The molecule has 0 radical (unpaired) electrons. The van der Waals surface area contributed by atoms with Gasteiger partial charge in [-0.15, -0.1) is 0 Å². The molecule has 1 spiro atoms. The molecule has 158 valence electrons. The van der Waals surface area contributed by atoms with Crippen LogP contribution in [0, 0.1) is 0 Å². The predicted octanol–water partition coefficient (Wildman–Crippen LogP) is 2.56. The number of amides is 2. The molecule has 8 nitrogen and oxygen atoms in total. The van der Waals surface area contributed by atoms with Gasteiger partial charge in [-0.05, 0) is 45.3 Å². The van der Waals surface area contributed by atoms with E-state index in [1.54, 1.807) is 4.90 Å². The monoisotopic (exact) mass is 409 g/mol. The van der Waals surface area contributed by atoms with E-state index in [0.29, 0.717) is 12.2 Å². The number of carbonyl (C=O) groups excluding carboxylic acids is 2. The molecule has 1 aromatic heterocycles. The van der Waals surface area contributed by atoms with Crippen LogP contribution in [-0.4, -0.2) is 60.2 Å². The van der Waals surface area contributed by atoms with Crippen molar-refractivity contribution in [2.45, 2.75) is 36.8 Å². The van der Waals surface area contributed by atoms with Crippen LogP contribution in [0.5, 0.6) is 0 Å². The zero-order valence-electron chi connectivity index (χ0n) is 17.6. The van der Waals surface area contributed by atoms with Crippen LogP contribution < -0.4 is 10.2 Å². The summed E-state index contributed by atoms with van der Waals surface area (Å²) in [6.07, 6.45) is 6.65. The van der Waals surface area contributed by atoms with Gasteiger partial charge in [-0.2, -0.15) is 0 Å². The zero-order valence-corrected chi connectivity index (χ0v) is 17.6. The van der Waals surface area contributed by atoms with Gasteiger partial charge in [0.25, 0.3) is 0 Å². The van der Waals surface area contributed by atoms with Crippen LogP contribution in [0.2, 0.25) is 0 Å². The summed E-state index contributed by atoms with van der Waals surface area (Å²) in [7, 11) is 5.54. The third-order valence-corrected chi connectivity index (χ3v) is 6.60. The number of nitrogens with one attached hydrogen (secondary N) is 1. The Bertz CT molecular complexity index is 922. The maximum absolute atomic E-state index is 12.7. The number of carbonyl (C=O) groups is 2. The highest BCUT2D eigenvalue weighted by molar-refractivity contribution is 5.95. The third-order valence-electron chi connectivity index (χ3n) is 6.60. The van der Waals surface area contributed by atoms with Crippen molar-refractivity contribution < 1.29 is 14.3 Å². The Kier molecular flexibility index (Phi) is 5.19. The molecular formula is C22H27N5O3. The minimum atomic E-state index is -0.600. The summed E-state index contributed by atoms with van der Waals surface area (Å²) in [5.74, 6) is -0.621. The van der Waals surface area contributed by atoms with Gasteiger partial charge < -0.3 is 10.1 Å². The first-order chi connectivity index (χ1) is 14.4. The molecule has 1 aliphatic heterocycles. The van der Waals surface area contributed by atoms with Crippen molar-refractivity contribution in [1.82, 2.24) is 20.2 Å². The molecule has 1 saturated carbocycles. The number of hydrogen-bond acceptors (Lipinski definition) is 6. The van der Waals surface area contributed by atoms with Gasteiger partial charge in [0.2, 0.25) is 5.82 Å². The molecule has 2 aliphatic rings. The average Bonchev–Trinajstić information content (AvgIpc) is 3.10. The molecule has 4 rings (SSSR count). The van der Waals surface area contributed by atoms with E-state index in [9.17, 15) is 9.59 Å². The summed E-state index contributed by atoms with van der Waals surface area (Å²) >= 11 is 0. The number of methoxy groups -OCH3 is 1. The molecule has 2 heterocycles. The van der Waals surface area contributed by atoms with Crippen molar-refractivity contribution >= 4 is 17.7 Å². The second kappa shape index (κ2) is 7.68. The number of hydrogen-bond donors (Lipinski definition) is 1. The van der Waals surface area contributed by atoms with E-state index >= 15 is 0 Å². The summed E-state index contributed by atoms with van der Waals surface area (Å²) < 4.78 is 4.63. The fraction of sp³-hybridized carbons (Fsp3) is 0.455. The highest BCUT2D eigenvalue weighted by atomic mass is 16.5. The third kappa shape index (κ3) is 3.41. The maximum Gasteiger partial charge on any atom is 0.376 e. The largest absolute Gasteiger partial charge is 0.463 e. The van der Waals surface area contributed by atoms with Crippen LogP contribution in [-0.2, 0) is 10.3 Å². The van der Waals surface area contributed by atoms with Crippen molar-refractivity contribution in [1.29, 1.82) is 0 Å². The predicted molar refractivity (Wildman–Crippen MR) is 112 cm³/mol. The lowest BCUT2D eigenvalue weighted by molar-refractivity contribution is 0.0586. The Balaban J connectivity index is 1.51. The summed E-state index contributed by atoms with van der Waals surface area (Å²) in [6.45, 7) is 0.561. The molecule has 1 saturated heterocycles. The summed E-state index contributed by atoms with van der Waals surface area (Å²) in [6, 6.07) is 10.4. The molecule has 2 aromatic rings. The molecule has 2 amide bonds. The van der Waals surface area contributed by atoms with Crippen molar-refractivity contribution in [2.75, 3.05) is 32.6 Å². The topological polar surface area (TPSA) is 87.7 Å². The fourth-order valence-electron chi connectivity index (χ4n) is 4.74. The molecule has 30 heavy (non-hydrogen) atoms. The number of nitrogens with zero attached hydrogens (tertiary/aromatic N) is 4. The lowest BCUT2D eigenvalue weighted by Crippen LogP contribution is -2.54. The van der Waals surface area contributed by atoms with E-state index in [-0.39, 0.29) is 22.9 Å². The Morgan fingerprint density at radius 1 is 1.10 bits per heavy atom. The highest BCUT2D eigenvalue weighted by Gasteiger charge is 2.50. The van der Waals surface area contributed by atoms with Crippen LogP contribution in [0.4, 0.5) is 10.5 Å². The number of rotatable bonds is 4. The molecule has 0 bridgehead atoms. The van der Waals surface area contributed by atoms with E-state index in [0.717, 1.165) is 25.7 Å². The number of esters is 1. The average molecular weight is 409 g/mol. The normalized spacial score (nSPS) is 26.1. The van der Waals surface area contributed by atoms with Crippen LogP contribution >= 0.6 is 0 Å². The van der Waals surface area contributed by atoms with Crippen LogP contribution in [0.1, 0.15) is 41.9 Å². The molecule has 0 atom stereocenters. The van der Waals surface area contributed by atoms with Crippen molar-refractivity contribution in [3.63, 3.8) is 0 Å².